The molecule has 2 aromatic rings. The maximum Gasteiger partial charge on any atom is 0.243 e. The number of methoxy groups -OCH3 is 1. The van der Waals surface area contributed by atoms with Gasteiger partial charge in [-0.2, -0.15) is 0 Å². The van der Waals surface area contributed by atoms with E-state index < -0.39 is 0 Å². The quantitative estimate of drug-likeness (QED) is 0.582. The molecule has 0 saturated carbocycles. The van der Waals surface area contributed by atoms with E-state index in [-0.39, 0.29) is 29.9 Å². The minimum Gasteiger partial charge on any atom is -0.496 e. The summed E-state index contributed by atoms with van der Waals surface area (Å²) in [6.07, 6.45) is 0.813. The van der Waals surface area contributed by atoms with Gasteiger partial charge in [0.2, 0.25) is 11.8 Å². The first kappa shape index (κ1) is 22.5. The van der Waals surface area contributed by atoms with Crippen LogP contribution in [0.5, 0.6) is 5.75 Å². The maximum atomic E-state index is 12.1. The van der Waals surface area contributed by atoms with Gasteiger partial charge in [-0.05, 0) is 43.2 Å². The third kappa shape index (κ3) is 6.94. The van der Waals surface area contributed by atoms with Gasteiger partial charge >= 0.3 is 0 Å². The second-order valence-electron chi connectivity index (χ2n) is 6.41. The van der Waals surface area contributed by atoms with E-state index in [2.05, 4.69) is 10.6 Å². The van der Waals surface area contributed by atoms with Gasteiger partial charge in [-0.25, -0.2) is 0 Å². The Bertz CT molecular complexity index is 883. The van der Waals surface area contributed by atoms with Crippen molar-refractivity contribution < 1.29 is 19.1 Å². The van der Waals surface area contributed by atoms with Crippen molar-refractivity contribution in [2.75, 3.05) is 24.7 Å². The Balaban J connectivity index is 1.79. The molecule has 0 spiro atoms. The van der Waals surface area contributed by atoms with Crippen LogP contribution in [0.1, 0.15) is 35.3 Å². The largest absolute Gasteiger partial charge is 0.496 e. The summed E-state index contributed by atoms with van der Waals surface area (Å²) in [4.78, 5) is 35.7. The van der Waals surface area contributed by atoms with Crippen molar-refractivity contribution in [1.29, 1.82) is 0 Å². The summed E-state index contributed by atoms with van der Waals surface area (Å²) in [5.74, 6) is 0.889. The molecule has 2 N–H and O–H groups in total. The molecule has 154 valence electrons. The molecule has 29 heavy (non-hydrogen) atoms. The lowest BCUT2D eigenvalue weighted by Gasteiger charge is -2.11. The molecule has 0 atom stereocenters. The van der Waals surface area contributed by atoms with Gasteiger partial charge in [-0.3, -0.25) is 14.4 Å². The number of rotatable bonds is 10. The van der Waals surface area contributed by atoms with Crippen molar-refractivity contribution >= 4 is 35.0 Å². The number of aryl methyl sites for hydroxylation is 1. The zero-order valence-electron chi connectivity index (χ0n) is 16.9. The highest BCUT2D eigenvalue weighted by atomic mass is 32.2. The number of thioether (sulfide) groups is 1. The van der Waals surface area contributed by atoms with E-state index in [0.717, 1.165) is 23.2 Å². The lowest BCUT2D eigenvalue weighted by atomic mass is 10.1. The standard InChI is InChI=1S/C22H26N2O4S/c1-4-16-7-5-6-8-19(16)24-21(26)12-23-22(27)14-29-13-18-11-17(15(2)25)9-10-20(18)28-3/h5-11H,4,12-14H2,1-3H3,(H,23,27)(H,24,26). The van der Waals surface area contributed by atoms with Crippen molar-refractivity contribution in [1.82, 2.24) is 5.32 Å². The molecule has 0 aliphatic carbocycles. The molecule has 0 radical (unpaired) electrons. The summed E-state index contributed by atoms with van der Waals surface area (Å²) in [6.45, 7) is 3.45. The van der Waals surface area contributed by atoms with E-state index in [9.17, 15) is 14.4 Å². The van der Waals surface area contributed by atoms with Crippen molar-refractivity contribution in [2.24, 2.45) is 0 Å². The van der Waals surface area contributed by atoms with Gasteiger partial charge in [0.15, 0.2) is 5.78 Å². The molecule has 2 aromatic carbocycles. The number of para-hydroxylation sites is 1. The first-order valence-corrected chi connectivity index (χ1v) is 10.5. The van der Waals surface area contributed by atoms with E-state index in [1.807, 2.05) is 31.2 Å². The molecule has 0 heterocycles. The third-order valence-corrected chi connectivity index (χ3v) is 5.28. The fraction of sp³-hybridized carbons (Fsp3) is 0.318. The van der Waals surface area contributed by atoms with Gasteiger partial charge in [-0.15, -0.1) is 11.8 Å². The number of anilines is 1. The second-order valence-corrected chi connectivity index (χ2v) is 7.40. The highest BCUT2D eigenvalue weighted by Gasteiger charge is 2.11. The van der Waals surface area contributed by atoms with Crippen LogP contribution in [0.2, 0.25) is 0 Å². The summed E-state index contributed by atoms with van der Waals surface area (Å²) in [6, 6.07) is 12.8. The normalized spacial score (nSPS) is 10.3. The van der Waals surface area contributed by atoms with Crippen molar-refractivity contribution in [3.63, 3.8) is 0 Å². The first-order valence-electron chi connectivity index (χ1n) is 9.34. The highest BCUT2D eigenvalue weighted by Crippen LogP contribution is 2.24. The SMILES string of the molecule is CCc1ccccc1NC(=O)CNC(=O)CSCc1cc(C(C)=O)ccc1OC. The molecule has 0 aromatic heterocycles. The fourth-order valence-corrected chi connectivity index (χ4v) is 3.57. The van der Waals surface area contributed by atoms with Crippen LogP contribution in [0.15, 0.2) is 42.5 Å². The molecule has 0 aliphatic rings. The average Bonchev–Trinajstić information content (AvgIpc) is 2.72. The Morgan fingerprint density at radius 3 is 2.48 bits per heavy atom. The molecule has 0 saturated heterocycles. The minimum absolute atomic E-state index is 0.0210. The number of hydrogen-bond acceptors (Lipinski definition) is 5. The summed E-state index contributed by atoms with van der Waals surface area (Å²) >= 11 is 1.39. The van der Waals surface area contributed by atoms with E-state index in [0.29, 0.717) is 17.1 Å². The number of benzene rings is 2. The molecule has 0 unspecified atom stereocenters. The third-order valence-electron chi connectivity index (χ3n) is 4.30. The lowest BCUT2D eigenvalue weighted by Crippen LogP contribution is -2.34. The first-order chi connectivity index (χ1) is 13.9. The van der Waals surface area contributed by atoms with Crippen LogP contribution < -0.4 is 15.4 Å². The minimum atomic E-state index is -0.264. The Morgan fingerprint density at radius 1 is 1.03 bits per heavy atom. The van der Waals surface area contributed by atoms with Gasteiger partial charge in [0.05, 0.1) is 19.4 Å². The van der Waals surface area contributed by atoms with Crippen molar-refractivity contribution in [3.05, 3.63) is 59.2 Å². The molecular weight excluding hydrogens is 388 g/mol. The molecule has 2 amide bonds. The number of nitrogens with one attached hydrogen (secondary N) is 2. The molecule has 0 fully saturated rings. The molecular formula is C22H26N2O4S. The summed E-state index contributed by atoms with van der Waals surface area (Å²) in [5, 5.41) is 5.45. The maximum absolute atomic E-state index is 12.1. The Hall–Kier alpha value is -2.80. The Labute approximate surface area is 175 Å². The summed E-state index contributed by atoms with van der Waals surface area (Å²) < 4.78 is 5.31. The number of carbonyl (C=O) groups is 3. The number of Topliss-reactive ketones (excluding diaryl/α,β-unsaturated/α-hetero) is 1. The van der Waals surface area contributed by atoms with Gasteiger partial charge in [0.1, 0.15) is 5.75 Å². The van der Waals surface area contributed by atoms with Crippen LogP contribution in [-0.2, 0) is 21.8 Å². The lowest BCUT2D eigenvalue weighted by molar-refractivity contribution is -0.122. The van der Waals surface area contributed by atoms with Crippen LogP contribution in [-0.4, -0.2) is 37.0 Å². The Kier molecular flexibility index (Phi) is 8.73. The van der Waals surface area contributed by atoms with Gasteiger partial charge < -0.3 is 15.4 Å². The zero-order chi connectivity index (χ0) is 21.2. The van der Waals surface area contributed by atoms with Crippen LogP contribution in [0, 0.1) is 0 Å². The second kappa shape index (κ2) is 11.3. The molecule has 2 rings (SSSR count). The Morgan fingerprint density at radius 2 is 1.79 bits per heavy atom. The van der Waals surface area contributed by atoms with E-state index >= 15 is 0 Å². The fourth-order valence-electron chi connectivity index (χ4n) is 2.74. The van der Waals surface area contributed by atoms with Crippen molar-refractivity contribution in [2.45, 2.75) is 26.0 Å². The summed E-state index contributed by atoms with van der Waals surface area (Å²) in [7, 11) is 1.57. The molecule has 7 heteroatoms. The van der Waals surface area contributed by atoms with Crippen molar-refractivity contribution in [3.8, 4) is 5.75 Å². The number of amides is 2. The van der Waals surface area contributed by atoms with E-state index in [1.54, 1.807) is 25.3 Å². The molecule has 0 bridgehead atoms. The molecule has 0 aliphatic heterocycles. The predicted molar refractivity (Wildman–Crippen MR) is 117 cm³/mol. The number of ketones is 1. The van der Waals surface area contributed by atoms with E-state index in [1.165, 1.54) is 18.7 Å². The zero-order valence-corrected chi connectivity index (χ0v) is 17.7. The van der Waals surface area contributed by atoms with Gasteiger partial charge in [-0.1, -0.05) is 25.1 Å². The summed E-state index contributed by atoms with van der Waals surface area (Å²) in [5.41, 5.74) is 3.27. The van der Waals surface area contributed by atoms with Gasteiger partial charge in [0, 0.05) is 22.6 Å². The van der Waals surface area contributed by atoms with Crippen LogP contribution >= 0.6 is 11.8 Å². The monoisotopic (exact) mass is 414 g/mol. The average molecular weight is 415 g/mol. The van der Waals surface area contributed by atoms with Crippen LogP contribution in [0.4, 0.5) is 5.69 Å². The van der Waals surface area contributed by atoms with E-state index in [4.69, 9.17) is 4.74 Å². The number of ether oxygens (including phenoxy) is 1. The topological polar surface area (TPSA) is 84.5 Å². The van der Waals surface area contributed by atoms with Crippen LogP contribution in [0.25, 0.3) is 0 Å². The predicted octanol–water partition coefficient (Wildman–Crippen LogP) is 3.45. The number of hydrogen-bond donors (Lipinski definition) is 2. The molecule has 6 nitrogen and oxygen atoms in total. The van der Waals surface area contributed by atoms with Gasteiger partial charge in [0.25, 0.3) is 0 Å². The highest BCUT2D eigenvalue weighted by molar-refractivity contribution is 7.99. The smallest absolute Gasteiger partial charge is 0.243 e. The number of carbonyl (C=O) groups excluding carboxylic acids is 3. The van der Waals surface area contributed by atoms with Crippen LogP contribution in [0.3, 0.4) is 0 Å².